The highest BCUT2D eigenvalue weighted by Crippen LogP contribution is 2.32. The Kier molecular flexibility index (Phi) is 5.06. The van der Waals surface area contributed by atoms with Gasteiger partial charge in [0.15, 0.2) is 0 Å². The number of unbranched alkanes of at least 4 members (excludes halogenated alkanes) is 1. The number of alkyl carbamates (subject to hydrolysis) is 1. The molecule has 1 fully saturated rings. The van der Waals surface area contributed by atoms with Crippen LogP contribution in [0.15, 0.2) is 0 Å². The Balaban J connectivity index is 2.27. The number of aliphatic hydroxyl groups is 1. The third kappa shape index (κ3) is 3.67. The highest BCUT2D eigenvalue weighted by Gasteiger charge is 2.37. The minimum atomic E-state index is -0.732. The van der Waals surface area contributed by atoms with Crippen LogP contribution < -0.4 is 5.32 Å². The van der Waals surface area contributed by atoms with E-state index in [0.717, 1.165) is 38.5 Å². The van der Waals surface area contributed by atoms with Gasteiger partial charge in [-0.05, 0) is 26.2 Å². The highest BCUT2D eigenvalue weighted by molar-refractivity contribution is 5.67. The maximum absolute atomic E-state index is 11.4. The monoisotopic (exact) mass is 229 g/mol. The van der Waals surface area contributed by atoms with Crippen molar-refractivity contribution in [3.05, 3.63) is 0 Å². The van der Waals surface area contributed by atoms with E-state index in [4.69, 9.17) is 4.74 Å². The van der Waals surface area contributed by atoms with E-state index in [1.165, 1.54) is 0 Å². The number of rotatable bonds is 5. The predicted molar refractivity (Wildman–Crippen MR) is 62.3 cm³/mol. The van der Waals surface area contributed by atoms with E-state index in [0.29, 0.717) is 6.61 Å². The van der Waals surface area contributed by atoms with Gasteiger partial charge in [0.05, 0.1) is 18.2 Å². The van der Waals surface area contributed by atoms with Gasteiger partial charge in [-0.2, -0.15) is 0 Å². The van der Waals surface area contributed by atoms with Gasteiger partial charge in [-0.1, -0.05) is 26.2 Å². The molecule has 1 amide bonds. The van der Waals surface area contributed by atoms with Crippen LogP contribution in [0.4, 0.5) is 4.79 Å². The van der Waals surface area contributed by atoms with Crippen molar-refractivity contribution < 1.29 is 14.6 Å². The van der Waals surface area contributed by atoms with Crippen molar-refractivity contribution in [1.29, 1.82) is 0 Å². The van der Waals surface area contributed by atoms with Gasteiger partial charge in [0.25, 0.3) is 0 Å². The lowest BCUT2D eigenvalue weighted by Crippen LogP contribution is -2.49. The van der Waals surface area contributed by atoms with Crippen LogP contribution in [0.3, 0.4) is 0 Å². The van der Waals surface area contributed by atoms with E-state index < -0.39 is 11.7 Å². The number of amides is 1. The van der Waals surface area contributed by atoms with Gasteiger partial charge in [-0.15, -0.1) is 0 Å². The van der Waals surface area contributed by atoms with E-state index >= 15 is 0 Å². The molecule has 1 aliphatic rings. The molecule has 0 spiro atoms. The van der Waals surface area contributed by atoms with Crippen molar-refractivity contribution in [2.75, 3.05) is 6.61 Å². The maximum atomic E-state index is 11.4. The molecule has 1 rings (SSSR count). The second kappa shape index (κ2) is 6.09. The zero-order valence-corrected chi connectivity index (χ0v) is 10.3. The van der Waals surface area contributed by atoms with Gasteiger partial charge in [0.2, 0.25) is 0 Å². The molecule has 94 valence electrons. The third-order valence-corrected chi connectivity index (χ3v) is 3.34. The van der Waals surface area contributed by atoms with Gasteiger partial charge in [0, 0.05) is 0 Å². The molecule has 4 heteroatoms. The van der Waals surface area contributed by atoms with E-state index in [-0.39, 0.29) is 6.04 Å². The molecule has 0 aromatic rings. The minimum Gasteiger partial charge on any atom is -0.450 e. The van der Waals surface area contributed by atoms with Crippen LogP contribution >= 0.6 is 0 Å². The lowest BCUT2D eigenvalue weighted by atomic mass is 9.94. The van der Waals surface area contributed by atoms with Crippen molar-refractivity contribution in [3.8, 4) is 0 Å². The van der Waals surface area contributed by atoms with Crippen LogP contribution in [0.1, 0.15) is 52.4 Å². The number of nitrogens with one attached hydrogen (secondary N) is 1. The SMILES string of the molecule is CCCCOC(=O)N[C@@H](C)C1(O)CCCC1. The van der Waals surface area contributed by atoms with Crippen LogP contribution in [0, 0.1) is 0 Å². The van der Waals surface area contributed by atoms with Crippen molar-refractivity contribution >= 4 is 6.09 Å². The van der Waals surface area contributed by atoms with Gasteiger partial charge >= 0.3 is 6.09 Å². The first kappa shape index (κ1) is 13.3. The first-order chi connectivity index (χ1) is 7.58. The Morgan fingerprint density at radius 2 is 2.12 bits per heavy atom. The van der Waals surface area contributed by atoms with Crippen molar-refractivity contribution in [1.82, 2.24) is 5.32 Å². The highest BCUT2D eigenvalue weighted by atomic mass is 16.5. The molecule has 0 bridgehead atoms. The van der Waals surface area contributed by atoms with Crippen molar-refractivity contribution in [3.63, 3.8) is 0 Å². The fourth-order valence-corrected chi connectivity index (χ4v) is 2.08. The number of hydrogen-bond acceptors (Lipinski definition) is 3. The van der Waals surface area contributed by atoms with Crippen LogP contribution in [-0.4, -0.2) is 29.4 Å². The van der Waals surface area contributed by atoms with Crippen LogP contribution in [-0.2, 0) is 4.74 Å². The summed E-state index contributed by atoms with van der Waals surface area (Å²) in [5, 5.41) is 12.9. The predicted octanol–water partition coefficient (Wildman–Crippen LogP) is 2.21. The van der Waals surface area contributed by atoms with Crippen LogP contribution in [0.25, 0.3) is 0 Å². The second-order valence-electron chi connectivity index (χ2n) is 4.67. The molecule has 0 aliphatic heterocycles. The average molecular weight is 229 g/mol. The molecule has 1 aliphatic carbocycles. The second-order valence-corrected chi connectivity index (χ2v) is 4.67. The van der Waals surface area contributed by atoms with Crippen molar-refractivity contribution in [2.24, 2.45) is 0 Å². The molecular weight excluding hydrogens is 206 g/mol. The first-order valence-electron chi connectivity index (χ1n) is 6.24. The number of carbonyl (C=O) groups excluding carboxylic acids is 1. The quantitative estimate of drug-likeness (QED) is 0.711. The number of carbonyl (C=O) groups is 1. The summed E-state index contributed by atoms with van der Waals surface area (Å²) in [6, 6.07) is -0.232. The molecule has 4 nitrogen and oxygen atoms in total. The molecular formula is C12H23NO3. The Labute approximate surface area is 97.4 Å². The molecule has 0 unspecified atom stereocenters. The molecule has 1 saturated carbocycles. The van der Waals surface area contributed by atoms with Crippen LogP contribution in [0.2, 0.25) is 0 Å². The normalized spacial score (nSPS) is 20.4. The van der Waals surface area contributed by atoms with E-state index in [1.807, 2.05) is 13.8 Å². The van der Waals surface area contributed by atoms with E-state index in [1.54, 1.807) is 0 Å². The smallest absolute Gasteiger partial charge is 0.407 e. The van der Waals surface area contributed by atoms with Gasteiger partial charge in [-0.3, -0.25) is 0 Å². The zero-order valence-electron chi connectivity index (χ0n) is 10.3. The third-order valence-electron chi connectivity index (χ3n) is 3.34. The molecule has 2 N–H and O–H groups in total. The zero-order chi connectivity index (χ0) is 12.0. The molecule has 16 heavy (non-hydrogen) atoms. The van der Waals surface area contributed by atoms with Crippen molar-refractivity contribution in [2.45, 2.75) is 64.0 Å². The summed E-state index contributed by atoms with van der Waals surface area (Å²) in [4.78, 5) is 11.4. The Morgan fingerprint density at radius 1 is 1.50 bits per heavy atom. The summed E-state index contributed by atoms with van der Waals surface area (Å²) >= 11 is 0. The molecule has 0 aromatic carbocycles. The molecule has 0 aromatic heterocycles. The first-order valence-corrected chi connectivity index (χ1v) is 6.24. The average Bonchev–Trinajstić information content (AvgIpc) is 2.67. The summed E-state index contributed by atoms with van der Waals surface area (Å²) in [5.74, 6) is 0. The minimum absolute atomic E-state index is 0.232. The Morgan fingerprint density at radius 3 is 2.69 bits per heavy atom. The fraction of sp³-hybridized carbons (Fsp3) is 0.917. The van der Waals surface area contributed by atoms with Gasteiger partial charge in [-0.25, -0.2) is 4.79 Å². The maximum Gasteiger partial charge on any atom is 0.407 e. The summed E-state index contributed by atoms with van der Waals surface area (Å²) < 4.78 is 5.00. The topological polar surface area (TPSA) is 58.6 Å². The van der Waals surface area contributed by atoms with E-state index in [2.05, 4.69) is 5.32 Å². The standard InChI is InChI=1S/C12H23NO3/c1-3-4-9-16-11(14)13-10(2)12(15)7-5-6-8-12/h10,15H,3-9H2,1-2H3,(H,13,14)/t10-/m0/s1. The summed E-state index contributed by atoms with van der Waals surface area (Å²) in [5.41, 5.74) is -0.732. The summed E-state index contributed by atoms with van der Waals surface area (Å²) in [6.07, 6.45) is 5.08. The number of ether oxygens (including phenoxy) is 1. The summed E-state index contributed by atoms with van der Waals surface area (Å²) in [7, 11) is 0. The van der Waals surface area contributed by atoms with Gasteiger partial charge in [0.1, 0.15) is 0 Å². The number of hydrogen-bond donors (Lipinski definition) is 2. The molecule has 1 atom stereocenters. The lowest BCUT2D eigenvalue weighted by molar-refractivity contribution is 0.0127. The Bertz CT molecular complexity index is 224. The fourth-order valence-electron chi connectivity index (χ4n) is 2.08. The largest absolute Gasteiger partial charge is 0.450 e. The molecule has 0 radical (unpaired) electrons. The van der Waals surface area contributed by atoms with Gasteiger partial charge < -0.3 is 15.2 Å². The summed E-state index contributed by atoms with van der Waals surface area (Å²) in [6.45, 7) is 4.34. The molecule has 0 saturated heterocycles. The Hall–Kier alpha value is -0.770. The lowest BCUT2D eigenvalue weighted by Gasteiger charge is -2.30. The van der Waals surface area contributed by atoms with Crippen LogP contribution in [0.5, 0.6) is 0 Å². The van der Waals surface area contributed by atoms with E-state index in [9.17, 15) is 9.90 Å². The molecule has 0 heterocycles.